The van der Waals surface area contributed by atoms with Crippen LogP contribution in [0.2, 0.25) is 0 Å². The summed E-state index contributed by atoms with van der Waals surface area (Å²) in [6.45, 7) is 7.44. The van der Waals surface area contributed by atoms with Crippen molar-refractivity contribution in [3.63, 3.8) is 0 Å². The lowest BCUT2D eigenvalue weighted by Crippen LogP contribution is -2.51. The Bertz CT molecular complexity index is 1580. The smallest absolute Gasteiger partial charge is 0.257 e. The summed E-state index contributed by atoms with van der Waals surface area (Å²) in [5, 5.41) is 15.3. The zero-order valence-corrected chi connectivity index (χ0v) is 26.2. The standard InChI is InChI=1S/C34H42N8O3/c1-4-24(2)31-33(44)37-29(20-26-12-7-5-8-13-26)32-36-25(3)39-42(32)19-18-40(17-11-16-30(43)38-31)34(45)28-21-35-41(23-28)22-27-14-9-6-10-15-27/h5-10,12-15,21,23-24,29,31H,4,11,16-20,22H2,1-3H3,(H,37,44)(H,38,43)/t24-,29-,31-/m0/s1. The number of carbonyl (C=O) groups excluding carboxylic acids is 3. The van der Waals surface area contributed by atoms with Crippen LogP contribution in [0, 0.1) is 12.8 Å². The van der Waals surface area contributed by atoms with Crippen molar-refractivity contribution in [1.82, 2.24) is 40.1 Å². The van der Waals surface area contributed by atoms with Gasteiger partial charge in [-0.25, -0.2) is 9.67 Å². The largest absolute Gasteiger partial charge is 0.344 e. The van der Waals surface area contributed by atoms with E-state index in [0.29, 0.717) is 56.2 Å². The lowest BCUT2D eigenvalue weighted by molar-refractivity contribution is -0.130. The van der Waals surface area contributed by atoms with Gasteiger partial charge < -0.3 is 15.5 Å². The predicted molar refractivity (Wildman–Crippen MR) is 170 cm³/mol. The van der Waals surface area contributed by atoms with E-state index in [4.69, 9.17) is 4.98 Å². The van der Waals surface area contributed by atoms with Crippen molar-refractivity contribution in [3.8, 4) is 0 Å². The maximum Gasteiger partial charge on any atom is 0.257 e. The number of rotatable bonds is 7. The first-order valence-electron chi connectivity index (χ1n) is 15.7. The molecule has 11 heteroatoms. The minimum Gasteiger partial charge on any atom is -0.344 e. The molecule has 0 spiro atoms. The average Bonchev–Trinajstić information content (AvgIpc) is 3.67. The summed E-state index contributed by atoms with van der Waals surface area (Å²) < 4.78 is 3.55. The Balaban J connectivity index is 1.43. The molecular formula is C34H42N8O3. The maximum absolute atomic E-state index is 13.8. The van der Waals surface area contributed by atoms with Crippen LogP contribution in [0.1, 0.15) is 72.3 Å². The first-order valence-corrected chi connectivity index (χ1v) is 15.7. The van der Waals surface area contributed by atoms with Gasteiger partial charge in [-0.1, -0.05) is 80.9 Å². The van der Waals surface area contributed by atoms with Crippen LogP contribution in [0.25, 0.3) is 0 Å². The van der Waals surface area contributed by atoms with Gasteiger partial charge in [0.05, 0.1) is 30.9 Å². The zero-order chi connectivity index (χ0) is 31.8. The molecule has 0 fully saturated rings. The van der Waals surface area contributed by atoms with Gasteiger partial charge >= 0.3 is 0 Å². The number of aryl methyl sites for hydroxylation is 1. The molecule has 45 heavy (non-hydrogen) atoms. The van der Waals surface area contributed by atoms with E-state index in [1.165, 1.54) is 0 Å². The molecule has 2 aromatic heterocycles. The van der Waals surface area contributed by atoms with Crippen molar-refractivity contribution in [2.45, 2.75) is 71.6 Å². The van der Waals surface area contributed by atoms with Gasteiger partial charge in [-0.3, -0.25) is 19.1 Å². The Labute approximate surface area is 264 Å². The summed E-state index contributed by atoms with van der Waals surface area (Å²) >= 11 is 0. The third-order valence-electron chi connectivity index (χ3n) is 8.30. The molecule has 0 saturated carbocycles. The third-order valence-corrected chi connectivity index (χ3v) is 8.30. The molecule has 2 N–H and O–H groups in total. The van der Waals surface area contributed by atoms with E-state index in [1.807, 2.05) is 81.4 Å². The Morgan fingerprint density at radius 1 is 0.978 bits per heavy atom. The third kappa shape index (κ3) is 8.23. The number of hydrogen-bond acceptors (Lipinski definition) is 6. The summed E-state index contributed by atoms with van der Waals surface area (Å²) in [6.07, 6.45) is 5.21. The fraction of sp³-hybridized carbons (Fsp3) is 0.412. The van der Waals surface area contributed by atoms with Crippen molar-refractivity contribution >= 4 is 17.7 Å². The first kappa shape index (κ1) is 31.6. The Morgan fingerprint density at radius 3 is 2.40 bits per heavy atom. The summed E-state index contributed by atoms with van der Waals surface area (Å²) in [5.74, 6) is 0.491. The molecule has 0 saturated heterocycles. The highest BCUT2D eigenvalue weighted by Crippen LogP contribution is 2.20. The molecule has 4 aromatic rings. The van der Waals surface area contributed by atoms with E-state index in [-0.39, 0.29) is 30.1 Å². The normalized spacial score (nSPS) is 18.8. The molecule has 0 radical (unpaired) electrons. The van der Waals surface area contributed by atoms with Gasteiger partial charge in [0.15, 0.2) is 0 Å². The summed E-state index contributed by atoms with van der Waals surface area (Å²) in [7, 11) is 0. The van der Waals surface area contributed by atoms with Crippen molar-refractivity contribution in [2.24, 2.45) is 5.92 Å². The van der Waals surface area contributed by atoms with Gasteiger partial charge in [0.1, 0.15) is 17.7 Å². The molecule has 0 aliphatic carbocycles. The molecular weight excluding hydrogens is 568 g/mol. The van der Waals surface area contributed by atoms with Crippen LogP contribution in [0.5, 0.6) is 0 Å². The zero-order valence-electron chi connectivity index (χ0n) is 26.2. The van der Waals surface area contributed by atoms with Crippen LogP contribution in [0.3, 0.4) is 0 Å². The van der Waals surface area contributed by atoms with E-state index < -0.39 is 12.1 Å². The molecule has 2 aromatic carbocycles. The van der Waals surface area contributed by atoms with Crippen LogP contribution < -0.4 is 10.6 Å². The Kier molecular flexibility index (Phi) is 10.4. The highest BCUT2D eigenvalue weighted by Gasteiger charge is 2.31. The van der Waals surface area contributed by atoms with Gasteiger partial charge in [-0.2, -0.15) is 10.2 Å². The lowest BCUT2D eigenvalue weighted by Gasteiger charge is -2.28. The van der Waals surface area contributed by atoms with Crippen LogP contribution in [0.15, 0.2) is 73.1 Å². The number of fused-ring (bicyclic) bond motifs is 1. The molecule has 3 amide bonds. The summed E-state index contributed by atoms with van der Waals surface area (Å²) in [5.41, 5.74) is 2.60. The summed E-state index contributed by atoms with van der Waals surface area (Å²) in [6, 6.07) is 18.7. The van der Waals surface area contributed by atoms with Gasteiger partial charge in [-0.15, -0.1) is 0 Å². The Hall–Kier alpha value is -4.80. The van der Waals surface area contributed by atoms with E-state index >= 15 is 0 Å². The first-order chi connectivity index (χ1) is 21.8. The molecule has 3 atom stereocenters. The van der Waals surface area contributed by atoms with Crippen molar-refractivity contribution in [1.29, 1.82) is 0 Å². The second-order valence-corrected chi connectivity index (χ2v) is 11.7. The molecule has 3 heterocycles. The number of hydrogen-bond donors (Lipinski definition) is 2. The number of amides is 3. The molecule has 0 unspecified atom stereocenters. The minimum absolute atomic E-state index is 0.0793. The second kappa shape index (κ2) is 14.8. The van der Waals surface area contributed by atoms with Crippen molar-refractivity contribution in [2.75, 3.05) is 13.1 Å². The van der Waals surface area contributed by atoms with Crippen LogP contribution in [0.4, 0.5) is 0 Å². The van der Waals surface area contributed by atoms with Crippen molar-refractivity contribution in [3.05, 3.63) is 101 Å². The molecule has 1 aliphatic rings. The molecule has 5 rings (SSSR count). The summed E-state index contributed by atoms with van der Waals surface area (Å²) in [4.78, 5) is 47.1. The van der Waals surface area contributed by atoms with E-state index in [2.05, 4.69) is 20.8 Å². The average molecular weight is 611 g/mol. The fourth-order valence-electron chi connectivity index (χ4n) is 5.63. The fourth-order valence-corrected chi connectivity index (χ4v) is 5.63. The minimum atomic E-state index is -0.700. The number of carbonyl (C=O) groups is 3. The van der Waals surface area contributed by atoms with Gasteiger partial charge in [0, 0.05) is 25.7 Å². The SMILES string of the molecule is CC[C@H](C)[C@@H]1NC(=O)CCCN(C(=O)c2cnn(Cc3ccccc3)c2)CCn2nc(C)nc2[C@H](Cc2ccccc2)NC1=O. The lowest BCUT2D eigenvalue weighted by atomic mass is 9.97. The quantitative estimate of drug-likeness (QED) is 0.329. The van der Waals surface area contributed by atoms with Gasteiger partial charge in [0.25, 0.3) is 5.91 Å². The van der Waals surface area contributed by atoms with Crippen LogP contribution in [-0.2, 0) is 29.1 Å². The molecule has 1 aliphatic heterocycles. The number of nitrogens with one attached hydrogen (secondary N) is 2. The van der Waals surface area contributed by atoms with E-state index in [9.17, 15) is 14.4 Å². The Morgan fingerprint density at radius 2 is 1.69 bits per heavy atom. The maximum atomic E-state index is 13.8. The van der Waals surface area contributed by atoms with Crippen LogP contribution >= 0.6 is 0 Å². The predicted octanol–water partition coefficient (Wildman–Crippen LogP) is 3.70. The topological polar surface area (TPSA) is 127 Å². The second-order valence-electron chi connectivity index (χ2n) is 11.7. The van der Waals surface area contributed by atoms with E-state index in [0.717, 1.165) is 17.5 Å². The monoisotopic (exact) mass is 610 g/mol. The number of benzene rings is 2. The van der Waals surface area contributed by atoms with E-state index in [1.54, 1.807) is 26.7 Å². The highest BCUT2D eigenvalue weighted by molar-refractivity contribution is 5.93. The molecule has 0 bridgehead atoms. The van der Waals surface area contributed by atoms with Crippen LogP contribution in [-0.4, -0.2) is 66.3 Å². The van der Waals surface area contributed by atoms with Gasteiger partial charge in [0.2, 0.25) is 11.8 Å². The van der Waals surface area contributed by atoms with Crippen molar-refractivity contribution < 1.29 is 14.4 Å². The molecule has 11 nitrogen and oxygen atoms in total. The number of aromatic nitrogens is 5. The van der Waals surface area contributed by atoms with Gasteiger partial charge in [-0.05, 0) is 36.8 Å². The highest BCUT2D eigenvalue weighted by atomic mass is 16.2. The molecule has 236 valence electrons. The number of nitrogens with zero attached hydrogens (tertiary/aromatic N) is 6.